The van der Waals surface area contributed by atoms with Gasteiger partial charge in [0, 0.05) is 19.2 Å². The highest BCUT2D eigenvalue weighted by Crippen LogP contribution is 2.34. The van der Waals surface area contributed by atoms with Crippen LogP contribution in [0.3, 0.4) is 0 Å². The molecular formula is C14H19Br2NO2. The third-order valence-electron chi connectivity index (χ3n) is 3.41. The fraction of sp³-hybridized carbons (Fsp3) is 0.571. The van der Waals surface area contributed by atoms with E-state index >= 15 is 0 Å². The minimum atomic E-state index is 0.352. The van der Waals surface area contributed by atoms with Crippen LogP contribution < -0.4 is 10.1 Å². The molecule has 0 amide bonds. The van der Waals surface area contributed by atoms with Gasteiger partial charge in [0.2, 0.25) is 0 Å². The van der Waals surface area contributed by atoms with Crippen molar-refractivity contribution >= 4 is 31.9 Å². The zero-order chi connectivity index (χ0) is 13.8. The first-order valence-corrected chi connectivity index (χ1v) is 8.07. The molecule has 3 nitrogen and oxygen atoms in total. The predicted octanol–water partition coefficient (Wildman–Crippen LogP) is 3.88. The van der Waals surface area contributed by atoms with E-state index in [9.17, 15) is 0 Å². The standard InChI is InChI=1S/C14H19Br2NO2/c1-9(13-4-3-5-19-13)17-8-10-6-11(15)14(18-2)12(16)7-10/h6-7,9,13,17H,3-5,8H2,1-2H3/t9-,13-/m1/s1. The molecule has 1 N–H and O–H groups in total. The number of nitrogens with one attached hydrogen (secondary N) is 1. The summed E-state index contributed by atoms with van der Waals surface area (Å²) in [7, 11) is 1.67. The fourth-order valence-electron chi connectivity index (χ4n) is 2.32. The second-order valence-corrected chi connectivity index (χ2v) is 6.52. The first kappa shape index (κ1) is 15.3. The molecule has 1 aromatic carbocycles. The lowest BCUT2D eigenvalue weighted by Gasteiger charge is -2.20. The minimum Gasteiger partial charge on any atom is -0.494 e. The molecule has 0 unspecified atom stereocenters. The summed E-state index contributed by atoms with van der Waals surface area (Å²) in [6.07, 6.45) is 2.69. The van der Waals surface area contributed by atoms with Crippen molar-refractivity contribution in [1.82, 2.24) is 5.32 Å². The van der Waals surface area contributed by atoms with Crippen LogP contribution >= 0.6 is 31.9 Å². The molecule has 0 spiro atoms. The number of benzene rings is 1. The molecule has 0 aromatic heterocycles. The average Bonchev–Trinajstić information content (AvgIpc) is 2.89. The van der Waals surface area contributed by atoms with E-state index in [0.717, 1.165) is 34.3 Å². The molecule has 2 rings (SSSR count). The summed E-state index contributed by atoms with van der Waals surface area (Å²) < 4.78 is 12.9. The summed E-state index contributed by atoms with van der Waals surface area (Å²) in [5.41, 5.74) is 1.21. The van der Waals surface area contributed by atoms with Crippen molar-refractivity contribution in [3.05, 3.63) is 26.6 Å². The highest BCUT2D eigenvalue weighted by Gasteiger charge is 2.21. The van der Waals surface area contributed by atoms with Crippen LogP contribution in [0, 0.1) is 0 Å². The molecule has 106 valence electrons. The zero-order valence-electron chi connectivity index (χ0n) is 11.2. The smallest absolute Gasteiger partial charge is 0.147 e. The Bertz CT molecular complexity index is 410. The highest BCUT2D eigenvalue weighted by atomic mass is 79.9. The van der Waals surface area contributed by atoms with Gasteiger partial charge in [-0.05, 0) is 69.3 Å². The van der Waals surface area contributed by atoms with Gasteiger partial charge in [-0.25, -0.2) is 0 Å². The van der Waals surface area contributed by atoms with Gasteiger partial charge in [-0.1, -0.05) is 0 Å². The summed E-state index contributed by atoms with van der Waals surface area (Å²) >= 11 is 7.05. The van der Waals surface area contributed by atoms with Gasteiger partial charge in [-0.3, -0.25) is 0 Å². The summed E-state index contributed by atoms with van der Waals surface area (Å²) in [4.78, 5) is 0. The van der Waals surface area contributed by atoms with E-state index in [4.69, 9.17) is 9.47 Å². The van der Waals surface area contributed by atoms with E-state index in [1.807, 2.05) is 0 Å². The maximum absolute atomic E-state index is 5.69. The van der Waals surface area contributed by atoms with E-state index in [-0.39, 0.29) is 0 Å². The third kappa shape index (κ3) is 3.94. The second kappa shape index (κ2) is 7.07. The Labute approximate surface area is 131 Å². The number of methoxy groups -OCH3 is 1. The van der Waals surface area contributed by atoms with Crippen molar-refractivity contribution in [2.75, 3.05) is 13.7 Å². The largest absolute Gasteiger partial charge is 0.494 e. The number of halogens is 2. The van der Waals surface area contributed by atoms with Crippen molar-refractivity contribution in [2.24, 2.45) is 0 Å². The van der Waals surface area contributed by atoms with E-state index in [0.29, 0.717) is 12.1 Å². The van der Waals surface area contributed by atoms with Gasteiger partial charge in [-0.15, -0.1) is 0 Å². The van der Waals surface area contributed by atoms with E-state index < -0.39 is 0 Å². The Morgan fingerprint density at radius 1 is 1.42 bits per heavy atom. The van der Waals surface area contributed by atoms with E-state index in [1.165, 1.54) is 12.0 Å². The maximum atomic E-state index is 5.69. The van der Waals surface area contributed by atoms with Crippen molar-refractivity contribution in [3.8, 4) is 5.75 Å². The summed E-state index contributed by atoms with van der Waals surface area (Å²) in [5, 5.41) is 3.53. The monoisotopic (exact) mass is 391 g/mol. The predicted molar refractivity (Wildman–Crippen MR) is 83.7 cm³/mol. The lowest BCUT2D eigenvalue weighted by molar-refractivity contribution is 0.0832. The third-order valence-corrected chi connectivity index (χ3v) is 4.59. The number of hydrogen-bond donors (Lipinski definition) is 1. The first-order valence-electron chi connectivity index (χ1n) is 6.48. The van der Waals surface area contributed by atoms with Gasteiger partial charge in [0.05, 0.1) is 22.2 Å². The molecule has 0 aliphatic carbocycles. The zero-order valence-corrected chi connectivity index (χ0v) is 14.4. The highest BCUT2D eigenvalue weighted by molar-refractivity contribution is 9.11. The molecule has 1 aromatic rings. The van der Waals surface area contributed by atoms with Gasteiger partial charge in [-0.2, -0.15) is 0 Å². The van der Waals surface area contributed by atoms with Crippen molar-refractivity contribution in [2.45, 2.75) is 38.5 Å². The SMILES string of the molecule is COc1c(Br)cc(CN[C@H](C)[C@H]2CCCO2)cc1Br. The Kier molecular flexibility index (Phi) is 5.69. The molecule has 1 fully saturated rings. The quantitative estimate of drug-likeness (QED) is 0.824. The van der Waals surface area contributed by atoms with Gasteiger partial charge in [0.25, 0.3) is 0 Å². The lowest BCUT2D eigenvalue weighted by atomic mass is 10.1. The lowest BCUT2D eigenvalue weighted by Crippen LogP contribution is -2.36. The molecule has 0 bridgehead atoms. The van der Waals surface area contributed by atoms with Gasteiger partial charge >= 0.3 is 0 Å². The van der Waals surface area contributed by atoms with Crippen molar-refractivity contribution < 1.29 is 9.47 Å². The fourth-order valence-corrected chi connectivity index (χ4v) is 3.92. The molecule has 1 aliphatic heterocycles. The van der Waals surface area contributed by atoms with Crippen LogP contribution in [0.5, 0.6) is 5.75 Å². The molecule has 19 heavy (non-hydrogen) atoms. The Hall–Kier alpha value is -0.100. The number of hydrogen-bond acceptors (Lipinski definition) is 3. The van der Waals surface area contributed by atoms with Gasteiger partial charge in [0.15, 0.2) is 0 Å². The molecule has 1 heterocycles. The minimum absolute atomic E-state index is 0.352. The summed E-state index contributed by atoms with van der Waals surface area (Å²) in [6.45, 7) is 3.90. The number of rotatable bonds is 5. The summed E-state index contributed by atoms with van der Waals surface area (Å²) in [6, 6.07) is 4.54. The molecular weight excluding hydrogens is 374 g/mol. The topological polar surface area (TPSA) is 30.5 Å². The number of ether oxygens (including phenoxy) is 2. The van der Waals surface area contributed by atoms with Crippen LogP contribution in [0.1, 0.15) is 25.3 Å². The van der Waals surface area contributed by atoms with Crippen molar-refractivity contribution in [3.63, 3.8) is 0 Å². The molecule has 5 heteroatoms. The first-order chi connectivity index (χ1) is 9.11. The Morgan fingerprint density at radius 2 is 2.11 bits per heavy atom. The van der Waals surface area contributed by atoms with Crippen LogP contribution in [0.4, 0.5) is 0 Å². The van der Waals surface area contributed by atoms with Crippen LogP contribution in [-0.2, 0) is 11.3 Å². The molecule has 1 saturated heterocycles. The van der Waals surface area contributed by atoms with Crippen LogP contribution in [0.25, 0.3) is 0 Å². The van der Waals surface area contributed by atoms with Crippen LogP contribution in [-0.4, -0.2) is 25.9 Å². The van der Waals surface area contributed by atoms with Crippen LogP contribution in [0.2, 0.25) is 0 Å². The van der Waals surface area contributed by atoms with E-state index in [2.05, 4.69) is 56.2 Å². The molecule has 0 saturated carbocycles. The molecule has 1 aliphatic rings. The van der Waals surface area contributed by atoms with E-state index in [1.54, 1.807) is 7.11 Å². The maximum Gasteiger partial charge on any atom is 0.147 e. The van der Waals surface area contributed by atoms with Crippen molar-refractivity contribution in [1.29, 1.82) is 0 Å². The molecule has 0 radical (unpaired) electrons. The Balaban J connectivity index is 1.95. The second-order valence-electron chi connectivity index (χ2n) is 4.81. The normalized spacial score (nSPS) is 20.5. The van der Waals surface area contributed by atoms with Gasteiger partial charge in [0.1, 0.15) is 5.75 Å². The van der Waals surface area contributed by atoms with Crippen LogP contribution in [0.15, 0.2) is 21.1 Å². The summed E-state index contributed by atoms with van der Waals surface area (Å²) in [5.74, 6) is 0.830. The van der Waals surface area contributed by atoms with Gasteiger partial charge < -0.3 is 14.8 Å². The average molecular weight is 393 g/mol. The Morgan fingerprint density at radius 3 is 2.63 bits per heavy atom. The molecule has 2 atom stereocenters.